The molecule has 92 valence electrons. The van der Waals surface area contributed by atoms with Crippen LogP contribution in [-0.4, -0.2) is 36.1 Å². The molecule has 0 spiro atoms. The molecule has 2 rings (SSSR count). The van der Waals surface area contributed by atoms with Gasteiger partial charge in [-0.05, 0) is 56.6 Å². The van der Waals surface area contributed by atoms with Crippen molar-refractivity contribution in [3.05, 3.63) is 29.3 Å². The van der Waals surface area contributed by atoms with Crippen molar-refractivity contribution in [1.29, 1.82) is 0 Å². The fourth-order valence-corrected chi connectivity index (χ4v) is 2.43. The summed E-state index contributed by atoms with van der Waals surface area (Å²) in [5.74, 6) is -0.538. The highest BCUT2D eigenvalue weighted by molar-refractivity contribution is 5.90. The van der Waals surface area contributed by atoms with Gasteiger partial charge in [-0.1, -0.05) is 6.07 Å². The molecule has 0 saturated carbocycles. The summed E-state index contributed by atoms with van der Waals surface area (Å²) in [5.41, 5.74) is 7.45. The molecule has 3 N–H and O–H groups in total. The van der Waals surface area contributed by atoms with Crippen LogP contribution in [0.3, 0.4) is 0 Å². The van der Waals surface area contributed by atoms with Crippen LogP contribution in [0.2, 0.25) is 0 Å². The van der Waals surface area contributed by atoms with Crippen LogP contribution in [0.5, 0.6) is 0 Å². The first-order valence-corrected chi connectivity index (χ1v) is 5.89. The predicted octanol–water partition coefficient (Wildman–Crippen LogP) is 1.78. The van der Waals surface area contributed by atoms with Gasteiger partial charge in [0.25, 0.3) is 0 Å². The van der Waals surface area contributed by atoms with E-state index in [4.69, 9.17) is 5.73 Å². The molecule has 0 atom stereocenters. The number of nitrogens with zero attached hydrogens (tertiary/aromatic N) is 1. The van der Waals surface area contributed by atoms with Crippen molar-refractivity contribution >= 4 is 11.7 Å². The fraction of sp³-hybridized carbons (Fsp3) is 0.462. The number of carboxylic acid groups (broad SMARTS) is 1. The topological polar surface area (TPSA) is 66.6 Å². The predicted molar refractivity (Wildman–Crippen MR) is 67.3 cm³/mol. The lowest BCUT2D eigenvalue weighted by atomic mass is 9.86. The van der Waals surface area contributed by atoms with E-state index in [0.29, 0.717) is 17.2 Å². The average molecular weight is 234 g/mol. The lowest BCUT2D eigenvalue weighted by molar-refractivity contribution is 0.0694. The first kappa shape index (κ1) is 11.9. The smallest absolute Gasteiger partial charge is 0.336 e. The van der Waals surface area contributed by atoms with Crippen molar-refractivity contribution in [2.75, 3.05) is 25.9 Å². The Labute approximate surface area is 101 Å². The van der Waals surface area contributed by atoms with Gasteiger partial charge in [0.1, 0.15) is 0 Å². The lowest BCUT2D eigenvalue weighted by Crippen LogP contribution is -2.29. The normalized spacial score (nSPS) is 18.2. The summed E-state index contributed by atoms with van der Waals surface area (Å²) in [6, 6.07) is 5.23. The van der Waals surface area contributed by atoms with Gasteiger partial charge in [0.2, 0.25) is 0 Å². The first-order chi connectivity index (χ1) is 8.08. The molecule has 4 heteroatoms. The molecule has 1 aliphatic heterocycles. The van der Waals surface area contributed by atoms with E-state index >= 15 is 0 Å². The van der Waals surface area contributed by atoms with Crippen LogP contribution >= 0.6 is 0 Å². The van der Waals surface area contributed by atoms with Gasteiger partial charge in [0.15, 0.2) is 0 Å². The van der Waals surface area contributed by atoms with Gasteiger partial charge in [0, 0.05) is 5.69 Å². The Bertz CT molecular complexity index is 423. The van der Waals surface area contributed by atoms with Crippen molar-refractivity contribution in [3.63, 3.8) is 0 Å². The number of benzene rings is 1. The van der Waals surface area contributed by atoms with Crippen LogP contribution in [0.25, 0.3) is 0 Å². The van der Waals surface area contributed by atoms with Crippen molar-refractivity contribution in [3.8, 4) is 0 Å². The molecule has 0 radical (unpaired) electrons. The minimum atomic E-state index is -0.883. The van der Waals surface area contributed by atoms with E-state index in [0.717, 1.165) is 31.5 Å². The first-order valence-electron chi connectivity index (χ1n) is 5.89. The number of carboxylic acids is 1. The van der Waals surface area contributed by atoms with Crippen LogP contribution in [0.4, 0.5) is 5.69 Å². The second kappa shape index (κ2) is 4.75. The van der Waals surface area contributed by atoms with E-state index in [9.17, 15) is 9.90 Å². The Morgan fingerprint density at radius 1 is 1.41 bits per heavy atom. The number of hydrogen-bond donors (Lipinski definition) is 2. The molecule has 0 bridgehead atoms. The van der Waals surface area contributed by atoms with E-state index < -0.39 is 5.97 Å². The summed E-state index contributed by atoms with van der Waals surface area (Å²) in [6.07, 6.45) is 2.03. The van der Waals surface area contributed by atoms with E-state index in [1.165, 1.54) is 0 Å². The Kier molecular flexibility index (Phi) is 3.33. The molecule has 1 saturated heterocycles. The van der Waals surface area contributed by atoms with Gasteiger partial charge in [-0.25, -0.2) is 4.79 Å². The van der Waals surface area contributed by atoms with Crippen LogP contribution < -0.4 is 5.73 Å². The molecule has 4 nitrogen and oxygen atoms in total. The van der Waals surface area contributed by atoms with E-state index in [1.54, 1.807) is 12.1 Å². The average Bonchev–Trinajstić information content (AvgIpc) is 2.30. The zero-order valence-corrected chi connectivity index (χ0v) is 10.0. The molecule has 0 aromatic heterocycles. The zero-order chi connectivity index (χ0) is 12.4. The molecule has 1 aromatic rings. The molecule has 1 aromatic carbocycles. The highest BCUT2D eigenvalue weighted by atomic mass is 16.4. The maximum Gasteiger partial charge on any atom is 0.336 e. The second-order valence-electron chi connectivity index (χ2n) is 4.73. The number of nitrogen functional groups attached to an aromatic ring is 1. The third-order valence-corrected chi connectivity index (χ3v) is 3.47. The summed E-state index contributed by atoms with van der Waals surface area (Å²) in [5, 5.41) is 9.21. The third-order valence-electron chi connectivity index (χ3n) is 3.47. The molecule has 0 amide bonds. The van der Waals surface area contributed by atoms with Gasteiger partial charge in [0.05, 0.1) is 5.56 Å². The molecule has 1 fully saturated rings. The van der Waals surface area contributed by atoms with Gasteiger partial charge in [-0.2, -0.15) is 0 Å². The number of piperidine rings is 1. The number of aromatic carboxylic acids is 1. The molecule has 0 aliphatic carbocycles. The summed E-state index contributed by atoms with van der Waals surface area (Å²) in [7, 11) is 2.09. The largest absolute Gasteiger partial charge is 0.478 e. The molecule has 1 heterocycles. The maximum absolute atomic E-state index is 11.2. The van der Waals surface area contributed by atoms with E-state index in [2.05, 4.69) is 11.9 Å². The van der Waals surface area contributed by atoms with Gasteiger partial charge in [-0.15, -0.1) is 0 Å². The SMILES string of the molecule is CN1CCC(c2ccc(N)cc2C(=O)O)CC1. The van der Waals surface area contributed by atoms with Crippen molar-refractivity contribution in [2.24, 2.45) is 0 Å². The zero-order valence-electron chi connectivity index (χ0n) is 10.0. The Balaban J connectivity index is 2.28. The van der Waals surface area contributed by atoms with E-state index in [1.807, 2.05) is 6.07 Å². The van der Waals surface area contributed by atoms with Crippen LogP contribution in [-0.2, 0) is 0 Å². The summed E-state index contributed by atoms with van der Waals surface area (Å²) in [4.78, 5) is 13.5. The summed E-state index contributed by atoms with van der Waals surface area (Å²) < 4.78 is 0. The molecule has 1 aliphatic rings. The fourth-order valence-electron chi connectivity index (χ4n) is 2.43. The van der Waals surface area contributed by atoms with Crippen LogP contribution in [0.1, 0.15) is 34.7 Å². The Morgan fingerprint density at radius 3 is 2.65 bits per heavy atom. The van der Waals surface area contributed by atoms with Crippen molar-refractivity contribution in [1.82, 2.24) is 4.90 Å². The maximum atomic E-state index is 11.2. The highest BCUT2D eigenvalue weighted by Gasteiger charge is 2.22. The monoisotopic (exact) mass is 234 g/mol. The second-order valence-corrected chi connectivity index (χ2v) is 4.73. The molecule has 0 unspecified atom stereocenters. The number of nitrogens with two attached hydrogens (primary N) is 1. The number of carbonyl (C=O) groups is 1. The quantitative estimate of drug-likeness (QED) is 0.765. The molecular weight excluding hydrogens is 216 g/mol. The Morgan fingerprint density at radius 2 is 2.06 bits per heavy atom. The summed E-state index contributed by atoms with van der Waals surface area (Å²) in [6.45, 7) is 2.04. The van der Waals surface area contributed by atoms with Crippen LogP contribution in [0, 0.1) is 0 Å². The number of likely N-dealkylation sites (tertiary alicyclic amines) is 1. The standard InChI is InChI=1S/C13H18N2O2/c1-15-6-4-9(5-7-15)11-3-2-10(14)8-12(11)13(16)17/h2-3,8-9H,4-7,14H2,1H3,(H,16,17). The van der Waals surface area contributed by atoms with Crippen LogP contribution in [0.15, 0.2) is 18.2 Å². The van der Waals surface area contributed by atoms with Crippen molar-refractivity contribution < 1.29 is 9.90 Å². The molecular formula is C13H18N2O2. The number of anilines is 1. The minimum Gasteiger partial charge on any atom is -0.478 e. The van der Waals surface area contributed by atoms with Crippen molar-refractivity contribution in [2.45, 2.75) is 18.8 Å². The number of hydrogen-bond acceptors (Lipinski definition) is 3. The highest BCUT2D eigenvalue weighted by Crippen LogP contribution is 2.30. The third kappa shape index (κ3) is 2.58. The van der Waals surface area contributed by atoms with Gasteiger partial charge in [-0.3, -0.25) is 0 Å². The Hall–Kier alpha value is -1.55. The van der Waals surface area contributed by atoms with E-state index in [-0.39, 0.29) is 0 Å². The number of rotatable bonds is 2. The molecule has 17 heavy (non-hydrogen) atoms. The van der Waals surface area contributed by atoms with Gasteiger partial charge < -0.3 is 15.7 Å². The van der Waals surface area contributed by atoms with Gasteiger partial charge >= 0.3 is 5.97 Å². The minimum absolute atomic E-state index is 0.345. The summed E-state index contributed by atoms with van der Waals surface area (Å²) >= 11 is 0. The lowest BCUT2D eigenvalue weighted by Gasteiger charge is -2.29.